The first-order chi connectivity index (χ1) is 9.97. The molecule has 5 heteroatoms. The van der Waals surface area contributed by atoms with E-state index < -0.39 is 6.10 Å². The number of aromatic nitrogens is 2. The smallest absolute Gasteiger partial charge is 0.261 e. The molecule has 0 aliphatic heterocycles. The number of carbonyl (C=O) groups excluding carboxylic acids is 1. The van der Waals surface area contributed by atoms with Gasteiger partial charge in [0, 0.05) is 17.8 Å². The summed E-state index contributed by atoms with van der Waals surface area (Å²) in [6.07, 6.45) is 1.31. The van der Waals surface area contributed by atoms with Crippen molar-refractivity contribution in [1.29, 1.82) is 0 Å². The van der Waals surface area contributed by atoms with Crippen molar-refractivity contribution in [3.63, 3.8) is 0 Å². The molecule has 0 radical (unpaired) electrons. The fraction of sp³-hybridized carbons (Fsp3) is 0.375. The summed E-state index contributed by atoms with van der Waals surface area (Å²) >= 11 is 0. The van der Waals surface area contributed by atoms with Gasteiger partial charge in [-0.3, -0.25) is 4.79 Å². The van der Waals surface area contributed by atoms with Crippen LogP contribution in [0.3, 0.4) is 0 Å². The van der Waals surface area contributed by atoms with E-state index in [1.54, 1.807) is 11.6 Å². The SMILES string of the molecule is Cc1cn(-c2ccccc2)nc1O[C@@H](C)C(=O)NC(C)C. The number of nitrogens with zero attached hydrogens (tertiary/aromatic N) is 2. The van der Waals surface area contributed by atoms with Gasteiger partial charge in [-0.25, -0.2) is 4.68 Å². The van der Waals surface area contributed by atoms with Crippen molar-refractivity contribution in [2.24, 2.45) is 0 Å². The molecular formula is C16H21N3O2. The van der Waals surface area contributed by atoms with Gasteiger partial charge in [0.05, 0.1) is 5.69 Å². The maximum Gasteiger partial charge on any atom is 0.261 e. The number of para-hydroxylation sites is 1. The lowest BCUT2D eigenvalue weighted by molar-refractivity contribution is -0.127. The predicted octanol–water partition coefficient (Wildman–Crippen LogP) is 2.47. The number of aryl methyl sites for hydroxylation is 1. The Labute approximate surface area is 124 Å². The zero-order chi connectivity index (χ0) is 15.4. The molecule has 1 amide bonds. The molecule has 112 valence electrons. The highest BCUT2D eigenvalue weighted by atomic mass is 16.5. The van der Waals surface area contributed by atoms with Crippen molar-refractivity contribution in [1.82, 2.24) is 15.1 Å². The van der Waals surface area contributed by atoms with Crippen LogP contribution in [0.4, 0.5) is 0 Å². The highest BCUT2D eigenvalue weighted by molar-refractivity contribution is 5.80. The van der Waals surface area contributed by atoms with E-state index in [1.807, 2.05) is 57.3 Å². The van der Waals surface area contributed by atoms with Crippen LogP contribution < -0.4 is 10.1 Å². The maximum atomic E-state index is 11.9. The average molecular weight is 287 g/mol. The number of hydrogen-bond donors (Lipinski definition) is 1. The summed E-state index contributed by atoms with van der Waals surface area (Å²) in [6, 6.07) is 9.87. The Morgan fingerprint density at radius 3 is 2.52 bits per heavy atom. The Kier molecular flexibility index (Phi) is 4.62. The summed E-state index contributed by atoms with van der Waals surface area (Å²) in [5.41, 5.74) is 1.85. The van der Waals surface area contributed by atoms with Gasteiger partial charge in [-0.15, -0.1) is 5.10 Å². The first-order valence-corrected chi connectivity index (χ1v) is 7.06. The zero-order valence-corrected chi connectivity index (χ0v) is 12.8. The molecule has 0 unspecified atom stereocenters. The molecule has 1 atom stereocenters. The van der Waals surface area contributed by atoms with Gasteiger partial charge in [0.15, 0.2) is 6.10 Å². The third-order valence-electron chi connectivity index (χ3n) is 2.96. The van der Waals surface area contributed by atoms with Crippen LogP contribution >= 0.6 is 0 Å². The zero-order valence-electron chi connectivity index (χ0n) is 12.8. The molecule has 2 rings (SSSR count). The highest BCUT2D eigenvalue weighted by Gasteiger charge is 2.18. The lowest BCUT2D eigenvalue weighted by Gasteiger charge is -2.15. The van der Waals surface area contributed by atoms with Gasteiger partial charge in [0.2, 0.25) is 5.88 Å². The maximum absolute atomic E-state index is 11.9. The van der Waals surface area contributed by atoms with E-state index >= 15 is 0 Å². The molecule has 2 aromatic rings. The quantitative estimate of drug-likeness (QED) is 0.919. The topological polar surface area (TPSA) is 56.2 Å². The lowest BCUT2D eigenvalue weighted by atomic mass is 10.3. The fourth-order valence-electron chi connectivity index (χ4n) is 1.90. The molecule has 1 aromatic heterocycles. The summed E-state index contributed by atoms with van der Waals surface area (Å²) in [6.45, 7) is 7.47. The van der Waals surface area contributed by atoms with Crippen LogP contribution in [0.5, 0.6) is 5.88 Å². The van der Waals surface area contributed by atoms with Crippen LogP contribution in [-0.2, 0) is 4.79 Å². The molecular weight excluding hydrogens is 266 g/mol. The van der Waals surface area contributed by atoms with Crippen LogP contribution in [0, 0.1) is 6.92 Å². The second kappa shape index (κ2) is 6.43. The summed E-state index contributed by atoms with van der Waals surface area (Å²) < 4.78 is 7.41. The van der Waals surface area contributed by atoms with Crippen LogP contribution in [0.15, 0.2) is 36.5 Å². The molecule has 1 N–H and O–H groups in total. The summed E-state index contributed by atoms with van der Waals surface area (Å²) in [5, 5.41) is 7.22. The van der Waals surface area contributed by atoms with E-state index in [1.165, 1.54) is 0 Å². The van der Waals surface area contributed by atoms with E-state index in [2.05, 4.69) is 10.4 Å². The summed E-state index contributed by atoms with van der Waals surface area (Å²) in [7, 11) is 0. The number of carbonyl (C=O) groups is 1. The molecule has 0 aliphatic carbocycles. The predicted molar refractivity (Wildman–Crippen MR) is 81.7 cm³/mol. The molecule has 1 heterocycles. The number of nitrogens with one attached hydrogen (secondary N) is 1. The molecule has 21 heavy (non-hydrogen) atoms. The summed E-state index contributed by atoms with van der Waals surface area (Å²) in [4.78, 5) is 11.9. The first kappa shape index (κ1) is 15.1. The first-order valence-electron chi connectivity index (χ1n) is 7.06. The van der Waals surface area contributed by atoms with E-state index in [9.17, 15) is 4.79 Å². The van der Waals surface area contributed by atoms with Gasteiger partial charge in [0.1, 0.15) is 0 Å². The number of rotatable bonds is 5. The van der Waals surface area contributed by atoms with Gasteiger partial charge in [-0.05, 0) is 39.8 Å². The Morgan fingerprint density at radius 2 is 1.90 bits per heavy atom. The molecule has 0 aliphatic rings. The van der Waals surface area contributed by atoms with Crippen LogP contribution in [0.2, 0.25) is 0 Å². The van der Waals surface area contributed by atoms with Crippen molar-refractivity contribution in [3.05, 3.63) is 42.1 Å². The van der Waals surface area contributed by atoms with Crippen molar-refractivity contribution in [3.8, 4) is 11.6 Å². The number of hydrogen-bond acceptors (Lipinski definition) is 3. The molecule has 0 saturated carbocycles. The van der Waals surface area contributed by atoms with Gasteiger partial charge >= 0.3 is 0 Å². The monoisotopic (exact) mass is 287 g/mol. The molecule has 0 spiro atoms. The Hall–Kier alpha value is -2.30. The third kappa shape index (κ3) is 3.84. The highest BCUT2D eigenvalue weighted by Crippen LogP contribution is 2.19. The van der Waals surface area contributed by atoms with E-state index in [0.29, 0.717) is 5.88 Å². The van der Waals surface area contributed by atoms with E-state index in [-0.39, 0.29) is 11.9 Å². The third-order valence-corrected chi connectivity index (χ3v) is 2.96. The summed E-state index contributed by atoms with van der Waals surface area (Å²) in [5.74, 6) is 0.337. The second-order valence-corrected chi connectivity index (χ2v) is 5.32. The van der Waals surface area contributed by atoms with Crippen molar-refractivity contribution < 1.29 is 9.53 Å². The molecule has 0 bridgehead atoms. The van der Waals surface area contributed by atoms with Crippen LogP contribution in [0.25, 0.3) is 5.69 Å². The second-order valence-electron chi connectivity index (χ2n) is 5.32. The minimum Gasteiger partial charge on any atom is -0.463 e. The minimum atomic E-state index is -0.578. The molecule has 5 nitrogen and oxygen atoms in total. The van der Waals surface area contributed by atoms with Crippen LogP contribution in [0.1, 0.15) is 26.3 Å². The lowest BCUT2D eigenvalue weighted by Crippen LogP contribution is -2.40. The van der Waals surface area contributed by atoms with Crippen molar-refractivity contribution in [2.45, 2.75) is 39.8 Å². The van der Waals surface area contributed by atoms with Crippen molar-refractivity contribution in [2.75, 3.05) is 0 Å². The molecule has 1 aromatic carbocycles. The standard InChI is InChI=1S/C16H21N3O2/c1-11(2)17-15(20)13(4)21-16-12(3)10-19(18-16)14-8-6-5-7-9-14/h5-11,13H,1-4H3,(H,17,20)/t13-/m0/s1. The number of amides is 1. The normalized spacial score (nSPS) is 12.2. The molecule has 0 saturated heterocycles. The van der Waals surface area contributed by atoms with Gasteiger partial charge < -0.3 is 10.1 Å². The Balaban J connectivity index is 2.11. The number of benzene rings is 1. The van der Waals surface area contributed by atoms with Gasteiger partial charge in [0.25, 0.3) is 5.91 Å². The van der Waals surface area contributed by atoms with Gasteiger partial charge in [-0.1, -0.05) is 18.2 Å². The van der Waals surface area contributed by atoms with E-state index in [4.69, 9.17) is 4.74 Å². The Morgan fingerprint density at radius 1 is 1.24 bits per heavy atom. The largest absolute Gasteiger partial charge is 0.463 e. The van der Waals surface area contributed by atoms with Gasteiger partial charge in [-0.2, -0.15) is 0 Å². The average Bonchev–Trinajstić information content (AvgIpc) is 2.80. The van der Waals surface area contributed by atoms with Crippen molar-refractivity contribution >= 4 is 5.91 Å². The fourth-order valence-corrected chi connectivity index (χ4v) is 1.90. The number of ether oxygens (including phenoxy) is 1. The Bertz CT molecular complexity index is 605. The minimum absolute atomic E-state index is 0.0894. The van der Waals surface area contributed by atoms with E-state index in [0.717, 1.165) is 11.3 Å². The van der Waals surface area contributed by atoms with Crippen LogP contribution in [-0.4, -0.2) is 27.8 Å². The molecule has 0 fully saturated rings.